The second kappa shape index (κ2) is 6.77. The van der Waals surface area contributed by atoms with Crippen molar-refractivity contribution in [1.29, 1.82) is 0 Å². The van der Waals surface area contributed by atoms with Crippen molar-refractivity contribution in [1.82, 2.24) is 10.2 Å². The Bertz CT molecular complexity index is 522. The van der Waals surface area contributed by atoms with Gasteiger partial charge in [0.15, 0.2) is 0 Å². The van der Waals surface area contributed by atoms with E-state index >= 15 is 0 Å². The first kappa shape index (κ1) is 16.9. The smallest absolute Gasteiger partial charge is 0.243 e. The molecule has 2 amide bonds. The molecule has 5 nitrogen and oxygen atoms in total. The molecule has 122 valence electrons. The molecule has 1 aromatic rings. The third-order valence-corrected chi connectivity index (χ3v) is 4.58. The number of thioether (sulfide) groups is 1. The van der Waals surface area contributed by atoms with Crippen LogP contribution in [-0.2, 0) is 16.0 Å². The first-order valence-electron chi connectivity index (χ1n) is 7.50. The topological polar surface area (TPSA) is 62.6 Å². The van der Waals surface area contributed by atoms with E-state index < -0.39 is 5.41 Å². The van der Waals surface area contributed by atoms with E-state index in [0.29, 0.717) is 18.1 Å². The molecule has 2 unspecified atom stereocenters. The Morgan fingerprint density at radius 3 is 2.82 bits per heavy atom. The Hall–Kier alpha value is -1.43. The van der Waals surface area contributed by atoms with Crippen LogP contribution < -0.4 is 5.32 Å². The minimum atomic E-state index is -0.469. The summed E-state index contributed by atoms with van der Waals surface area (Å²) in [6.45, 7) is 7.59. The highest BCUT2D eigenvalue weighted by Crippen LogP contribution is 2.27. The Morgan fingerprint density at radius 1 is 1.50 bits per heavy atom. The maximum atomic E-state index is 12.5. The van der Waals surface area contributed by atoms with Gasteiger partial charge in [-0.25, -0.2) is 0 Å². The molecule has 0 aromatic carbocycles. The van der Waals surface area contributed by atoms with Gasteiger partial charge >= 0.3 is 0 Å². The number of carbonyl (C=O) groups excluding carboxylic acids is 2. The van der Waals surface area contributed by atoms with Crippen LogP contribution in [0.1, 0.15) is 33.5 Å². The van der Waals surface area contributed by atoms with Crippen molar-refractivity contribution >= 4 is 23.6 Å². The average Bonchev–Trinajstić information content (AvgIpc) is 3.06. The second-order valence-corrected chi connectivity index (χ2v) is 7.73. The maximum Gasteiger partial charge on any atom is 0.243 e. The monoisotopic (exact) mass is 324 g/mol. The minimum Gasteiger partial charge on any atom is -0.469 e. The minimum absolute atomic E-state index is 0.0244. The van der Waals surface area contributed by atoms with Gasteiger partial charge in [-0.15, -0.1) is 11.8 Å². The van der Waals surface area contributed by atoms with Gasteiger partial charge in [0.05, 0.1) is 12.1 Å². The highest BCUT2D eigenvalue weighted by molar-refractivity contribution is 7.99. The largest absolute Gasteiger partial charge is 0.469 e. The molecule has 22 heavy (non-hydrogen) atoms. The van der Waals surface area contributed by atoms with E-state index in [1.54, 1.807) is 22.9 Å². The second-order valence-electron chi connectivity index (χ2n) is 6.73. The van der Waals surface area contributed by atoms with Gasteiger partial charge in [0.25, 0.3) is 0 Å². The van der Waals surface area contributed by atoms with Gasteiger partial charge in [0.2, 0.25) is 11.8 Å². The number of amides is 2. The molecular weight excluding hydrogens is 300 g/mol. The lowest BCUT2D eigenvalue weighted by molar-refractivity contribution is -0.144. The molecule has 0 aliphatic carbocycles. The molecule has 1 aromatic heterocycles. The van der Waals surface area contributed by atoms with E-state index in [0.717, 1.165) is 5.76 Å². The molecule has 2 atom stereocenters. The van der Waals surface area contributed by atoms with Crippen molar-refractivity contribution in [2.24, 2.45) is 5.41 Å². The van der Waals surface area contributed by atoms with Gasteiger partial charge in [0.1, 0.15) is 11.8 Å². The van der Waals surface area contributed by atoms with Crippen LogP contribution in [0.25, 0.3) is 0 Å². The molecule has 0 saturated carbocycles. The highest BCUT2D eigenvalue weighted by Gasteiger charge is 2.39. The van der Waals surface area contributed by atoms with Crippen LogP contribution in [0.2, 0.25) is 0 Å². The summed E-state index contributed by atoms with van der Waals surface area (Å²) >= 11 is 1.62. The molecule has 6 heteroatoms. The van der Waals surface area contributed by atoms with Gasteiger partial charge in [0, 0.05) is 23.6 Å². The normalized spacial score (nSPS) is 20.0. The summed E-state index contributed by atoms with van der Waals surface area (Å²) in [5.41, 5.74) is -0.469. The third kappa shape index (κ3) is 4.06. The SMILES string of the molecule is CC(Cc1ccco1)NC(=O)C1CSCN1C(=O)C(C)(C)C. The van der Waals surface area contributed by atoms with Gasteiger partial charge in [-0.2, -0.15) is 0 Å². The van der Waals surface area contributed by atoms with Gasteiger partial charge in [-0.3, -0.25) is 9.59 Å². The van der Waals surface area contributed by atoms with Crippen molar-refractivity contribution in [3.63, 3.8) is 0 Å². The summed E-state index contributed by atoms with van der Waals surface area (Å²) in [5, 5.41) is 2.99. The summed E-state index contributed by atoms with van der Waals surface area (Å²) in [5.74, 6) is 2.02. The van der Waals surface area contributed by atoms with Crippen LogP contribution in [0.5, 0.6) is 0 Å². The number of rotatable bonds is 4. The molecule has 1 fully saturated rings. The fourth-order valence-electron chi connectivity index (χ4n) is 2.41. The van der Waals surface area contributed by atoms with Crippen LogP contribution >= 0.6 is 11.8 Å². The van der Waals surface area contributed by atoms with E-state index in [-0.39, 0.29) is 23.9 Å². The van der Waals surface area contributed by atoms with Crippen LogP contribution in [0.4, 0.5) is 0 Å². The number of nitrogens with zero attached hydrogens (tertiary/aromatic N) is 1. The summed E-state index contributed by atoms with van der Waals surface area (Å²) < 4.78 is 5.30. The lowest BCUT2D eigenvalue weighted by atomic mass is 9.94. The van der Waals surface area contributed by atoms with Gasteiger partial charge in [-0.1, -0.05) is 20.8 Å². The van der Waals surface area contributed by atoms with Crippen molar-refractivity contribution in [3.8, 4) is 0 Å². The van der Waals surface area contributed by atoms with Crippen molar-refractivity contribution in [3.05, 3.63) is 24.2 Å². The number of hydrogen-bond acceptors (Lipinski definition) is 4. The lowest BCUT2D eigenvalue weighted by Crippen LogP contribution is -2.52. The van der Waals surface area contributed by atoms with Gasteiger partial charge in [-0.05, 0) is 19.1 Å². The predicted octanol–water partition coefficient (Wildman–Crippen LogP) is 2.27. The first-order valence-corrected chi connectivity index (χ1v) is 8.66. The van der Waals surface area contributed by atoms with Crippen molar-refractivity contribution in [2.75, 3.05) is 11.6 Å². The lowest BCUT2D eigenvalue weighted by Gasteiger charge is -2.30. The van der Waals surface area contributed by atoms with Gasteiger partial charge < -0.3 is 14.6 Å². The predicted molar refractivity (Wildman–Crippen MR) is 87.4 cm³/mol. The zero-order chi connectivity index (χ0) is 16.3. The number of hydrogen-bond donors (Lipinski definition) is 1. The third-order valence-electron chi connectivity index (χ3n) is 3.56. The summed E-state index contributed by atoms with van der Waals surface area (Å²) in [6.07, 6.45) is 2.27. The average molecular weight is 324 g/mol. The molecule has 1 aliphatic heterocycles. The summed E-state index contributed by atoms with van der Waals surface area (Å²) in [7, 11) is 0. The molecule has 1 N–H and O–H groups in total. The van der Waals surface area contributed by atoms with Crippen molar-refractivity contribution < 1.29 is 14.0 Å². The first-order chi connectivity index (χ1) is 10.3. The molecule has 0 bridgehead atoms. The van der Waals surface area contributed by atoms with E-state index in [9.17, 15) is 9.59 Å². The molecule has 2 rings (SSSR count). The Balaban J connectivity index is 1.94. The summed E-state index contributed by atoms with van der Waals surface area (Å²) in [6, 6.07) is 3.32. The van der Waals surface area contributed by atoms with E-state index in [2.05, 4.69) is 5.32 Å². The fourth-order valence-corrected chi connectivity index (χ4v) is 3.57. The number of carbonyl (C=O) groups is 2. The van der Waals surface area contributed by atoms with E-state index in [1.165, 1.54) is 0 Å². The number of nitrogens with one attached hydrogen (secondary N) is 1. The van der Waals surface area contributed by atoms with Crippen molar-refractivity contribution in [2.45, 2.75) is 46.2 Å². The molecular formula is C16H24N2O3S. The standard InChI is InChI=1S/C16H24N2O3S/c1-11(8-12-6-5-7-21-12)17-14(19)13-9-22-10-18(13)15(20)16(2,3)4/h5-7,11,13H,8-10H2,1-4H3,(H,17,19). The maximum absolute atomic E-state index is 12.5. The van der Waals surface area contributed by atoms with Crippen LogP contribution in [0, 0.1) is 5.41 Å². The quantitative estimate of drug-likeness (QED) is 0.923. The Labute approximate surface area is 135 Å². The number of furan rings is 1. The van der Waals surface area contributed by atoms with E-state index in [4.69, 9.17) is 4.42 Å². The fraction of sp³-hybridized carbons (Fsp3) is 0.625. The molecule has 2 heterocycles. The van der Waals surface area contributed by atoms with E-state index in [1.807, 2.05) is 39.8 Å². The Morgan fingerprint density at radius 2 is 2.23 bits per heavy atom. The Kier molecular flexibility index (Phi) is 5.21. The molecule has 1 aliphatic rings. The molecule has 1 saturated heterocycles. The van der Waals surface area contributed by atoms with Crippen LogP contribution in [-0.4, -0.2) is 40.4 Å². The zero-order valence-electron chi connectivity index (χ0n) is 13.6. The van der Waals surface area contributed by atoms with Crippen LogP contribution in [0.3, 0.4) is 0 Å². The zero-order valence-corrected chi connectivity index (χ0v) is 14.4. The summed E-state index contributed by atoms with van der Waals surface area (Å²) in [4.78, 5) is 26.6. The van der Waals surface area contributed by atoms with Crippen LogP contribution in [0.15, 0.2) is 22.8 Å². The molecule has 0 spiro atoms. The molecule has 0 radical (unpaired) electrons. The highest BCUT2D eigenvalue weighted by atomic mass is 32.2.